The maximum absolute atomic E-state index is 14.1. The number of nitrogens with one attached hydrogen (secondary N) is 2. The number of amides is 4. The molecule has 0 bridgehead atoms. The van der Waals surface area contributed by atoms with E-state index in [4.69, 9.17) is 9.47 Å². The Hall–Kier alpha value is -3.84. The van der Waals surface area contributed by atoms with Crippen LogP contribution in [-0.2, 0) is 43.1 Å². The number of benzene rings is 1. The highest BCUT2D eigenvalue weighted by Crippen LogP contribution is 2.46. The Morgan fingerprint density at radius 3 is 2.38 bits per heavy atom. The van der Waals surface area contributed by atoms with Crippen molar-refractivity contribution in [3.05, 3.63) is 34.9 Å². The Bertz CT molecular complexity index is 1400. The fourth-order valence-electron chi connectivity index (χ4n) is 6.82. The van der Waals surface area contributed by atoms with Crippen LogP contribution in [0.2, 0.25) is 0 Å². The normalized spacial score (nSPS) is 28.6. The van der Waals surface area contributed by atoms with Crippen LogP contribution in [-0.4, -0.2) is 76.0 Å². The van der Waals surface area contributed by atoms with E-state index in [1.54, 1.807) is 20.8 Å². The number of alkyl halides is 3. The number of nitrogens with zero attached hydrogens (tertiary/aromatic N) is 2. The molecular weight excluding hydrogens is 621 g/mol. The number of rotatable bonds is 3. The van der Waals surface area contributed by atoms with Gasteiger partial charge in [-0.2, -0.15) is 13.2 Å². The van der Waals surface area contributed by atoms with Crippen molar-refractivity contribution in [3.8, 4) is 0 Å². The first-order valence-corrected chi connectivity index (χ1v) is 16.3. The average Bonchev–Trinajstić information content (AvgIpc) is 3.28. The zero-order chi connectivity index (χ0) is 34.1. The van der Waals surface area contributed by atoms with E-state index in [-0.39, 0.29) is 32.0 Å². The third-order valence-corrected chi connectivity index (χ3v) is 9.38. The van der Waals surface area contributed by atoms with Crippen molar-refractivity contribution in [2.75, 3.05) is 6.54 Å². The summed E-state index contributed by atoms with van der Waals surface area (Å²) in [5.41, 5.74) is -1.70. The molecule has 1 saturated carbocycles. The topological polar surface area (TPSA) is 134 Å². The standard InChI is InChI=1S/C33H43F3N4O7/c1-31(2,3)47-29(44)37-25-10-8-6-4-5-7-9-23-15-32(23,19-41)38-27(42)26-14-24(18-40(26)28(25)43)46-30(45)39-16-20-11-12-22(33(34,35)36)13-21(20)17-39/h11-13,19,23-26H,4-10,14-18H2,1-3H3,(H,37,44)(H,38,42)/t23-,24-,25+,26+,32+/m1/s1. The van der Waals surface area contributed by atoms with Crippen LogP contribution in [0, 0.1) is 5.92 Å². The number of hydrogen-bond donors (Lipinski definition) is 2. The van der Waals surface area contributed by atoms with Gasteiger partial charge < -0.3 is 29.8 Å². The van der Waals surface area contributed by atoms with Crippen molar-refractivity contribution < 1.29 is 46.6 Å². The minimum atomic E-state index is -4.52. The lowest BCUT2D eigenvalue weighted by Crippen LogP contribution is -2.55. The molecule has 2 N–H and O–H groups in total. The molecule has 14 heteroatoms. The van der Waals surface area contributed by atoms with E-state index in [1.165, 1.54) is 15.9 Å². The number of fused-ring (bicyclic) bond motifs is 3. The van der Waals surface area contributed by atoms with E-state index in [0.29, 0.717) is 30.4 Å². The molecule has 0 spiro atoms. The SMILES string of the molecule is CC(C)(C)OC(=O)N[C@H]1CCCCCCC[C@@H]2C[C@@]2(C=O)NC(=O)[C@@H]2C[C@@H](OC(=O)N3Cc4ccc(C(F)(F)F)cc4C3)CN2C1=O. The molecule has 47 heavy (non-hydrogen) atoms. The first-order chi connectivity index (χ1) is 22.1. The number of aldehydes is 1. The average molecular weight is 665 g/mol. The molecule has 3 heterocycles. The monoisotopic (exact) mass is 664 g/mol. The number of hydrogen-bond acceptors (Lipinski definition) is 7. The van der Waals surface area contributed by atoms with Crippen LogP contribution in [0.5, 0.6) is 0 Å². The Balaban J connectivity index is 1.33. The third kappa shape index (κ3) is 8.18. The number of halogens is 3. The largest absolute Gasteiger partial charge is 0.444 e. The summed E-state index contributed by atoms with van der Waals surface area (Å²) in [6, 6.07) is 1.23. The van der Waals surface area contributed by atoms with Gasteiger partial charge in [0.05, 0.1) is 17.6 Å². The Morgan fingerprint density at radius 2 is 1.70 bits per heavy atom. The van der Waals surface area contributed by atoms with Gasteiger partial charge in [-0.25, -0.2) is 9.59 Å². The number of alkyl carbamates (subject to hydrolysis) is 1. The molecule has 4 amide bonds. The van der Waals surface area contributed by atoms with Crippen LogP contribution in [0.25, 0.3) is 0 Å². The van der Waals surface area contributed by atoms with Gasteiger partial charge in [-0.3, -0.25) is 14.5 Å². The fourth-order valence-corrected chi connectivity index (χ4v) is 6.82. The van der Waals surface area contributed by atoms with Gasteiger partial charge in [-0.15, -0.1) is 0 Å². The van der Waals surface area contributed by atoms with Crippen LogP contribution in [0.4, 0.5) is 22.8 Å². The van der Waals surface area contributed by atoms with Crippen molar-refractivity contribution in [3.63, 3.8) is 0 Å². The molecule has 1 aliphatic carbocycles. The van der Waals surface area contributed by atoms with Crippen molar-refractivity contribution >= 4 is 30.3 Å². The predicted octanol–water partition coefficient (Wildman–Crippen LogP) is 4.84. The fraction of sp³-hybridized carbons (Fsp3) is 0.667. The summed E-state index contributed by atoms with van der Waals surface area (Å²) in [6.07, 6.45) is -0.452. The van der Waals surface area contributed by atoms with Gasteiger partial charge in [0, 0.05) is 19.5 Å². The summed E-state index contributed by atoms with van der Waals surface area (Å²) in [6.45, 7) is 4.93. The van der Waals surface area contributed by atoms with E-state index in [9.17, 15) is 37.1 Å². The molecule has 0 aromatic heterocycles. The van der Waals surface area contributed by atoms with Gasteiger partial charge >= 0.3 is 18.4 Å². The molecule has 3 fully saturated rings. The summed E-state index contributed by atoms with van der Waals surface area (Å²) in [5, 5.41) is 5.54. The molecule has 5 atom stereocenters. The number of carbonyl (C=O) groups is 5. The molecule has 2 saturated heterocycles. The Labute approximate surface area is 271 Å². The summed E-state index contributed by atoms with van der Waals surface area (Å²) < 4.78 is 50.8. The lowest BCUT2D eigenvalue weighted by molar-refractivity contribution is -0.141. The van der Waals surface area contributed by atoms with Gasteiger partial charge in [-0.05, 0) is 69.2 Å². The zero-order valence-electron chi connectivity index (χ0n) is 27.0. The Morgan fingerprint density at radius 1 is 1.02 bits per heavy atom. The second kappa shape index (κ2) is 13.3. The maximum atomic E-state index is 14.1. The van der Waals surface area contributed by atoms with Crippen LogP contribution < -0.4 is 10.6 Å². The molecule has 1 aromatic rings. The zero-order valence-corrected chi connectivity index (χ0v) is 27.0. The molecule has 5 rings (SSSR count). The second-order valence-electron chi connectivity index (χ2n) is 14.2. The van der Waals surface area contributed by atoms with Gasteiger partial charge in [-0.1, -0.05) is 38.2 Å². The van der Waals surface area contributed by atoms with Crippen molar-refractivity contribution in [1.82, 2.24) is 20.4 Å². The van der Waals surface area contributed by atoms with Crippen molar-refractivity contribution in [2.45, 2.75) is 127 Å². The van der Waals surface area contributed by atoms with Crippen molar-refractivity contribution in [1.29, 1.82) is 0 Å². The minimum Gasteiger partial charge on any atom is -0.444 e. The molecule has 258 valence electrons. The summed E-state index contributed by atoms with van der Waals surface area (Å²) in [7, 11) is 0. The predicted molar refractivity (Wildman–Crippen MR) is 162 cm³/mol. The third-order valence-electron chi connectivity index (χ3n) is 9.38. The van der Waals surface area contributed by atoms with Crippen LogP contribution in [0.1, 0.15) is 95.2 Å². The first-order valence-electron chi connectivity index (χ1n) is 16.3. The highest BCUT2D eigenvalue weighted by molar-refractivity contribution is 5.94. The lowest BCUT2D eigenvalue weighted by Gasteiger charge is -2.30. The second-order valence-corrected chi connectivity index (χ2v) is 14.2. The van der Waals surface area contributed by atoms with Gasteiger partial charge in [0.15, 0.2) is 0 Å². The van der Waals surface area contributed by atoms with E-state index in [0.717, 1.165) is 50.5 Å². The maximum Gasteiger partial charge on any atom is 0.416 e. The van der Waals surface area contributed by atoms with Crippen LogP contribution >= 0.6 is 0 Å². The van der Waals surface area contributed by atoms with E-state index in [1.807, 2.05) is 0 Å². The lowest BCUT2D eigenvalue weighted by atomic mass is 10.0. The van der Waals surface area contributed by atoms with Gasteiger partial charge in [0.2, 0.25) is 11.8 Å². The van der Waals surface area contributed by atoms with Gasteiger partial charge in [0.25, 0.3) is 0 Å². The van der Waals surface area contributed by atoms with E-state index in [2.05, 4.69) is 10.6 Å². The Kier molecular flexibility index (Phi) is 9.79. The number of ether oxygens (including phenoxy) is 2. The highest BCUT2D eigenvalue weighted by atomic mass is 19.4. The molecule has 0 radical (unpaired) electrons. The van der Waals surface area contributed by atoms with E-state index < -0.39 is 65.1 Å². The van der Waals surface area contributed by atoms with Crippen LogP contribution in [0.15, 0.2) is 18.2 Å². The summed E-state index contributed by atoms with van der Waals surface area (Å²) in [4.78, 5) is 68.5. The summed E-state index contributed by atoms with van der Waals surface area (Å²) in [5.74, 6) is -1.08. The van der Waals surface area contributed by atoms with Gasteiger partial charge in [0.1, 0.15) is 30.1 Å². The first kappa shape index (κ1) is 34.5. The smallest absolute Gasteiger partial charge is 0.416 e. The van der Waals surface area contributed by atoms with Crippen molar-refractivity contribution in [2.24, 2.45) is 5.92 Å². The molecule has 4 aliphatic rings. The molecule has 11 nitrogen and oxygen atoms in total. The van der Waals surface area contributed by atoms with Crippen LogP contribution in [0.3, 0.4) is 0 Å². The molecular formula is C33H43F3N4O7. The molecule has 3 aliphatic heterocycles. The van der Waals surface area contributed by atoms with E-state index >= 15 is 0 Å². The molecule has 0 unspecified atom stereocenters. The number of carbonyl (C=O) groups excluding carboxylic acids is 5. The molecule has 1 aromatic carbocycles. The minimum absolute atomic E-state index is 0.00417. The highest BCUT2D eigenvalue weighted by Gasteiger charge is 2.56. The summed E-state index contributed by atoms with van der Waals surface area (Å²) >= 11 is 0. The quantitative estimate of drug-likeness (QED) is 0.442.